The first-order valence-corrected chi connectivity index (χ1v) is 6.59. The summed E-state index contributed by atoms with van der Waals surface area (Å²) in [5.74, 6) is -0.680. The smallest absolute Gasteiger partial charge is 0.325 e. The number of nitrogens with one attached hydrogen (secondary N) is 1. The lowest BCUT2D eigenvalue weighted by molar-refractivity contribution is -0.143. The fourth-order valence-corrected chi connectivity index (χ4v) is 2.09. The van der Waals surface area contributed by atoms with E-state index < -0.39 is 5.97 Å². The third-order valence-electron chi connectivity index (χ3n) is 2.03. The predicted molar refractivity (Wildman–Crippen MR) is 68.2 cm³/mol. The highest BCUT2D eigenvalue weighted by Crippen LogP contribution is 2.10. The van der Waals surface area contributed by atoms with E-state index in [4.69, 9.17) is 10.5 Å². The van der Waals surface area contributed by atoms with Crippen molar-refractivity contribution in [2.24, 2.45) is 5.73 Å². The summed E-state index contributed by atoms with van der Waals surface area (Å²) in [5, 5.41) is 5.23. The SMILES string of the molecule is CCOC(=O)CNC(=O)Cc1csc(CCN)n1. The summed E-state index contributed by atoms with van der Waals surface area (Å²) in [5.41, 5.74) is 6.12. The molecule has 0 spiro atoms. The average molecular weight is 271 g/mol. The minimum absolute atomic E-state index is 0.105. The molecular weight excluding hydrogens is 254 g/mol. The lowest BCUT2D eigenvalue weighted by atomic mass is 10.3. The zero-order chi connectivity index (χ0) is 13.4. The molecule has 0 radical (unpaired) electrons. The molecule has 0 saturated heterocycles. The van der Waals surface area contributed by atoms with Gasteiger partial charge in [-0.3, -0.25) is 9.59 Å². The van der Waals surface area contributed by atoms with Gasteiger partial charge in [0.25, 0.3) is 0 Å². The van der Waals surface area contributed by atoms with Gasteiger partial charge in [0.15, 0.2) is 0 Å². The Morgan fingerprint density at radius 1 is 1.56 bits per heavy atom. The molecule has 0 aliphatic carbocycles. The molecule has 0 unspecified atom stereocenters. The number of hydrogen-bond acceptors (Lipinski definition) is 6. The summed E-state index contributed by atoms with van der Waals surface area (Å²) in [6.07, 6.45) is 0.885. The molecule has 7 heteroatoms. The highest BCUT2D eigenvalue weighted by molar-refractivity contribution is 7.09. The summed E-state index contributed by atoms with van der Waals surface area (Å²) in [4.78, 5) is 26.8. The Labute approximate surface area is 110 Å². The number of amides is 1. The molecule has 0 aliphatic heterocycles. The standard InChI is InChI=1S/C11H17N3O3S/c1-2-17-11(16)6-13-9(15)5-8-7-18-10(14-8)3-4-12/h7H,2-6,12H2,1H3,(H,13,15). The van der Waals surface area contributed by atoms with Crippen molar-refractivity contribution in [3.63, 3.8) is 0 Å². The maximum absolute atomic E-state index is 11.5. The normalized spacial score (nSPS) is 10.1. The Morgan fingerprint density at radius 2 is 2.33 bits per heavy atom. The summed E-state index contributed by atoms with van der Waals surface area (Å²) in [6.45, 7) is 2.46. The van der Waals surface area contributed by atoms with E-state index in [0.717, 1.165) is 11.4 Å². The Bertz CT molecular complexity index is 406. The van der Waals surface area contributed by atoms with Crippen molar-refractivity contribution in [2.45, 2.75) is 19.8 Å². The molecule has 1 aromatic heterocycles. The fourth-order valence-electron chi connectivity index (χ4n) is 1.28. The highest BCUT2D eigenvalue weighted by atomic mass is 32.1. The maximum Gasteiger partial charge on any atom is 0.325 e. The van der Waals surface area contributed by atoms with Crippen LogP contribution in [0.5, 0.6) is 0 Å². The number of esters is 1. The van der Waals surface area contributed by atoms with Crippen LogP contribution in [0.1, 0.15) is 17.6 Å². The van der Waals surface area contributed by atoms with E-state index in [1.54, 1.807) is 6.92 Å². The van der Waals surface area contributed by atoms with Crippen LogP contribution in [0.3, 0.4) is 0 Å². The first-order chi connectivity index (χ1) is 8.65. The van der Waals surface area contributed by atoms with Crippen LogP contribution in [-0.4, -0.2) is 36.6 Å². The topological polar surface area (TPSA) is 94.3 Å². The molecule has 0 bridgehead atoms. The van der Waals surface area contributed by atoms with Crippen molar-refractivity contribution in [1.82, 2.24) is 10.3 Å². The molecule has 18 heavy (non-hydrogen) atoms. The molecule has 3 N–H and O–H groups in total. The lowest BCUT2D eigenvalue weighted by Crippen LogP contribution is -2.31. The second-order valence-corrected chi connectivity index (χ2v) is 4.47. The highest BCUT2D eigenvalue weighted by Gasteiger charge is 2.09. The number of rotatable bonds is 7. The van der Waals surface area contributed by atoms with Crippen LogP contribution in [-0.2, 0) is 27.2 Å². The quantitative estimate of drug-likeness (QED) is 0.673. The molecule has 0 aliphatic rings. The van der Waals surface area contributed by atoms with Crippen LogP contribution in [0.2, 0.25) is 0 Å². The van der Waals surface area contributed by atoms with Gasteiger partial charge in [-0.2, -0.15) is 0 Å². The number of ether oxygens (including phenoxy) is 1. The van der Waals surface area contributed by atoms with Crippen molar-refractivity contribution >= 4 is 23.2 Å². The van der Waals surface area contributed by atoms with Gasteiger partial charge in [-0.15, -0.1) is 11.3 Å². The monoisotopic (exact) mass is 271 g/mol. The zero-order valence-corrected chi connectivity index (χ0v) is 11.1. The molecule has 100 valence electrons. The van der Waals surface area contributed by atoms with E-state index in [-0.39, 0.29) is 18.9 Å². The molecule has 6 nitrogen and oxygen atoms in total. The van der Waals surface area contributed by atoms with E-state index >= 15 is 0 Å². The zero-order valence-electron chi connectivity index (χ0n) is 10.3. The van der Waals surface area contributed by atoms with Gasteiger partial charge < -0.3 is 15.8 Å². The van der Waals surface area contributed by atoms with Gasteiger partial charge in [-0.05, 0) is 13.5 Å². The largest absolute Gasteiger partial charge is 0.465 e. The molecule has 0 atom stereocenters. The van der Waals surface area contributed by atoms with Crippen molar-refractivity contribution in [3.8, 4) is 0 Å². The van der Waals surface area contributed by atoms with Gasteiger partial charge >= 0.3 is 5.97 Å². The number of thiazole rings is 1. The summed E-state index contributed by atoms with van der Waals surface area (Å²) >= 11 is 1.49. The van der Waals surface area contributed by atoms with Crippen LogP contribution in [0.25, 0.3) is 0 Å². The predicted octanol–water partition coefficient (Wildman–Crippen LogP) is -0.134. The first-order valence-electron chi connectivity index (χ1n) is 5.71. The molecule has 0 aromatic carbocycles. The van der Waals surface area contributed by atoms with Crippen LogP contribution in [0.15, 0.2) is 5.38 Å². The second kappa shape index (κ2) is 7.78. The molecular formula is C11H17N3O3S. The van der Waals surface area contributed by atoms with Crippen molar-refractivity contribution in [3.05, 3.63) is 16.1 Å². The molecule has 1 rings (SSSR count). The number of hydrogen-bond donors (Lipinski definition) is 2. The average Bonchev–Trinajstić information content (AvgIpc) is 2.75. The number of carbonyl (C=O) groups is 2. The van der Waals surface area contributed by atoms with Gasteiger partial charge in [-0.1, -0.05) is 0 Å². The number of nitrogens with two attached hydrogens (primary N) is 1. The summed E-state index contributed by atoms with van der Waals surface area (Å²) < 4.78 is 4.70. The second-order valence-electron chi connectivity index (χ2n) is 3.53. The third-order valence-corrected chi connectivity index (χ3v) is 2.99. The third kappa shape index (κ3) is 5.24. The number of aromatic nitrogens is 1. The van der Waals surface area contributed by atoms with E-state index in [2.05, 4.69) is 10.3 Å². The van der Waals surface area contributed by atoms with Crippen molar-refractivity contribution in [2.75, 3.05) is 19.7 Å². The Hall–Kier alpha value is -1.47. The van der Waals surface area contributed by atoms with Gasteiger partial charge in [0.1, 0.15) is 6.54 Å². The van der Waals surface area contributed by atoms with Crippen LogP contribution >= 0.6 is 11.3 Å². The fraction of sp³-hybridized carbons (Fsp3) is 0.545. The van der Waals surface area contributed by atoms with Crippen molar-refractivity contribution in [1.29, 1.82) is 0 Å². The Kier molecular flexibility index (Phi) is 6.31. The van der Waals surface area contributed by atoms with Gasteiger partial charge in [-0.25, -0.2) is 4.98 Å². The molecule has 1 amide bonds. The van der Waals surface area contributed by atoms with Gasteiger partial charge in [0, 0.05) is 11.8 Å². The minimum Gasteiger partial charge on any atom is -0.465 e. The van der Waals surface area contributed by atoms with Crippen molar-refractivity contribution < 1.29 is 14.3 Å². The Balaban J connectivity index is 2.32. The Morgan fingerprint density at radius 3 is 3.00 bits per heavy atom. The van der Waals surface area contributed by atoms with E-state index in [0.29, 0.717) is 18.8 Å². The summed E-state index contributed by atoms with van der Waals surface area (Å²) in [6, 6.07) is 0. The van der Waals surface area contributed by atoms with E-state index in [1.165, 1.54) is 11.3 Å². The van der Waals surface area contributed by atoms with Gasteiger partial charge in [0.05, 0.1) is 23.7 Å². The van der Waals surface area contributed by atoms with Gasteiger partial charge in [0.2, 0.25) is 5.91 Å². The summed E-state index contributed by atoms with van der Waals surface area (Å²) in [7, 11) is 0. The number of carbonyl (C=O) groups excluding carboxylic acids is 2. The van der Waals surface area contributed by atoms with E-state index in [1.807, 2.05) is 5.38 Å². The van der Waals surface area contributed by atoms with E-state index in [9.17, 15) is 9.59 Å². The molecule has 1 aromatic rings. The van der Waals surface area contributed by atoms with Crippen LogP contribution in [0.4, 0.5) is 0 Å². The molecule has 0 fully saturated rings. The minimum atomic E-state index is -0.437. The molecule has 1 heterocycles. The van der Waals surface area contributed by atoms with Crippen LogP contribution in [0, 0.1) is 0 Å². The maximum atomic E-state index is 11.5. The first kappa shape index (κ1) is 14.6. The lowest BCUT2D eigenvalue weighted by Gasteiger charge is -2.03. The van der Waals surface area contributed by atoms with Crippen LogP contribution < -0.4 is 11.1 Å². The number of nitrogens with zero attached hydrogens (tertiary/aromatic N) is 1. The molecule has 0 saturated carbocycles.